The van der Waals surface area contributed by atoms with E-state index in [4.69, 9.17) is 9.47 Å². The van der Waals surface area contributed by atoms with Gasteiger partial charge in [-0.25, -0.2) is 4.99 Å². The van der Waals surface area contributed by atoms with Gasteiger partial charge in [0.05, 0.1) is 25.8 Å². The summed E-state index contributed by atoms with van der Waals surface area (Å²) < 4.78 is 9.81. The van der Waals surface area contributed by atoms with Crippen molar-refractivity contribution < 1.29 is 28.7 Å². The number of nitrogens with zero attached hydrogens (tertiary/aromatic N) is 1. The number of H-pyrrole nitrogens is 2. The molecule has 1 atom stereocenters. The number of allylic oxidation sites excluding steroid dienone is 3. The zero-order chi connectivity index (χ0) is 33.0. The third kappa shape index (κ3) is 6.74. The highest BCUT2D eigenvalue weighted by Gasteiger charge is 2.29. The van der Waals surface area contributed by atoms with Crippen LogP contribution in [0.4, 0.5) is 0 Å². The van der Waals surface area contributed by atoms with Crippen molar-refractivity contribution in [1.29, 1.82) is 0 Å². The molecule has 2 aliphatic rings. The van der Waals surface area contributed by atoms with Crippen molar-refractivity contribution in [3.63, 3.8) is 0 Å². The lowest BCUT2D eigenvalue weighted by Gasteiger charge is -2.04. The predicted octanol–water partition coefficient (Wildman–Crippen LogP) is 3.32. The summed E-state index contributed by atoms with van der Waals surface area (Å²) in [5.74, 6) is -1.30. The molecule has 0 aromatic carbocycles. The first-order valence-corrected chi connectivity index (χ1v) is 14.9. The number of carbonyl (C=O) groups excluding carboxylic acids is 4. The minimum Gasteiger partial charge on any atom is -0.469 e. The predicted molar refractivity (Wildman–Crippen MR) is 173 cm³/mol. The number of esters is 2. The van der Waals surface area contributed by atoms with Crippen molar-refractivity contribution in [3.05, 3.63) is 85.5 Å². The fraction of sp³-hybridized carbons (Fsp3) is 0.343. The molecule has 2 amide bonds. The number of aliphatic imine (C=N–C) groups is 1. The number of rotatable bonds is 10. The summed E-state index contributed by atoms with van der Waals surface area (Å²) in [6.07, 6.45) is 10.4. The van der Waals surface area contributed by atoms with Crippen LogP contribution in [0.3, 0.4) is 0 Å². The third-order valence-electron chi connectivity index (χ3n) is 8.56. The Balaban J connectivity index is 1.91. The van der Waals surface area contributed by atoms with E-state index >= 15 is 0 Å². The van der Waals surface area contributed by atoms with Gasteiger partial charge in [0, 0.05) is 46.2 Å². The molecule has 2 aromatic rings. The smallest absolute Gasteiger partial charge is 0.305 e. The van der Waals surface area contributed by atoms with Crippen LogP contribution in [-0.2, 0) is 41.5 Å². The van der Waals surface area contributed by atoms with E-state index in [2.05, 4.69) is 26.9 Å². The molecule has 10 heteroatoms. The van der Waals surface area contributed by atoms with E-state index in [1.165, 1.54) is 20.3 Å². The van der Waals surface area contributed by atoms with Crippen LogP contribution in [0.5, 0.6) is 0 Å². The quantitative estimate of drug-likeness (QED) is 0.352. The van der Waals surface area contributed by atoms with Crippen molar-refractivity contribution in [2.45, 2.75) is 60.3 Å². The monoisotopic (exact) mass is 612 g/mol. The summed E-state index contributed by atoms with van der Waals surface area (Å²) in [4.78, 5) is 60.2. The van der Waals surface area contributed by atoms with Crippen LogP contribution < -0.4 is 16.0 Å². The maximum absolute atomic E-state index is 12.4. The van der Waals surface area contributed by atoms with Crippen molar-refractivity contribution in [2.75, 3.05) is 14.2 Å². The topological polar surface area (TPSA) is 143 Å². The van der Waals surface area contributed by atoms with E-state index in [1.807, 2.05) is 58.9 Å². The van der Waals surface area contributed by atoms with Crippen molar-refractivity contribution in [2.24, 2.45) is 10.9 Å². The fourth-order valence-corrected chi connectivity index (χ4v) is 5.77. The second-order valence-corrected chi connectivity index (χ2v) is 11.1. The number of methoxy groups -OCH3 is 2. The first kappa shape index (κ1) is 32.9. The maximum atomic E-state index is 12.4. The molecule has 45 heavy (non-hydrogen) atoms. The molecule has 1 saturated heterocycles. The van der Waals surface area contributed by atoms with E-state index in [-0.39, 0.29) is 42.5 Å². The van der Waals surface area contributed by atoms with Gasteiger partial charge in [-0.15, -0.1) is 0 Å². The van der Waals surface area contributed by atoms with Gasteiger partial charge in [0.2, 0.25) is 5.91 Å². The first-order valence-electron chi connectivity index (χ1n) is 14.9. The average molecular weight is 613 g/mol. The van der Waals surface area contributed by atoms with Gasteiger partial charge in [0.25, 0.3) is 5.91 Å². The molecule has 236 valence electrons. The molecule has 1 unspecified atom stereocenters. The van der Waals surface area contributed by atoms with E-state index in [0.717, 1.165) is 61.2 Å². The van der Waals surface area contributed by atoms with E-state index in [1.54, 1.807) is 0 Å². The van der Waals surface area contributed by atoms with E-state index in [0.29, 0.717) is 24.1 Å². The molecule has 1 fully saturated rings. The van der Waals surface area contributed by atoms with Crippen LogP contribution in [0.1, 0.15) is 67.3 Å². The molecule has 3 N–H and O–H groups in total. The van der Waals surface area contributed by atoms with Gasteiger partial charge >= 0.3 is 11.9 Å². The van der Waals surface area contributed by atoms with Crippen LogP contribution in [0, 0.1) is 19.8 Å². The molecule has 10 nitrogen and oxygen atoms in total. The van der Waals surface area contributed by atoms with Crippen LogP contribution in [-0.4, -0.2) is 53.7 Å². The minimum absolute atomic E-state index is 0.0593. The molecular weight excluding hydrogens is 572 g/mol. The summed E-state index contributed by atoms with van der Waals surface area (Å²) in [6.45, 7) is 13.3. The Morgan fingerprint density at radius 1 is 0.889 bits per heavy atom. The Morgan fingerprint density at radius 2 is 1.53 bits per heavy atom. The Labute approximate surface area is 262 Å². The first-order chi connectivity index (χ1) is 21.4. The Morgan fingerprint density at radius 3 is 2.11 bits per heavy atom. The third-order valence-corrected chi connectivity index (χ3v) is 8.56. The van der Waals surface area contributed by atoms with Gasteiger partial charge in [-0.3, -0.25) is 19.2 Å². The second-order valence-electron chi connectivity index (χ2n) is 11.1. The van der Waals surface area contributed by atoms with Gasteiger partial charge in [-0.2, -0.15) is 0 Å². The van der Waals surface area contributed by atoms with E-state index < -0.39 is 0 Å². The largest absolute Gasteiger partial charge is 0.469 e. The molecule has 0 bridgehead atoms. The summed E-state index contributed by atoms with van der Waals surface area (Å²) in [5, 5.41) is 4.48. The molecule has 4 heterocycles. The standard InChI is InChI=1S/C35H40N4O6/c1-9-22-21(6)34(42)39-29(22)16-27-20(5)25(12-14-33(41)45-8)31(37-27)17-30-24(11-13-32(40)44-7)19(4)26(36-30)15-28-18(3)23(10-2)35(43)38-28/h9-10,15-17,21,36-37H,2,11-14H2,1,3-8H3,(H,39,42). The van der Waals surface area contributed by atoms with Gasteiger partial charge in [-0.1, -0.05) is 18.7 Å². The number of nitrogens with one attached hydrogen (secondary N) is 3. The molecule has 0 aliphatic carbocycles. The summed E-state index contributed by atoms with van der Waals surface area (Å²) >= 11 is 0. The Kier molecular flexibility index (Phi) is 10.1. The highest BCUT2D eigenvalue weighted by molar-refractivity contribution is 6.31. The number of ether oxygens (including phenoxy) is 2. The molecule has 4 rings (SSSR count). The van der Waals surface area contributed by atoms with Gasteiger partial charge in [-0.05, 0) is 99.1 Å². The summed E-state index contributed by atoms with van der Waals surface area (Å²) in [7, 11) is 2.72. The molecular formula is C35H40N4O6. The molecule has 0 spiro atoms. The van der Waals surface area contributed by atoms with Crippen LogP contribution >= 0.6 is 0 Å². The minimum atomic E-state index is -0.330. The Hall–Kier alpha value is -4.99. The normalized spacial score (nSPS) is 19.2. The number of hydrogen-bond acceptors (Lipinski definition) is 6. The van der Waals surface area contributed by atoms with Crippen LogP contribution in [0.25, 0.3) is 18.2 Å². The number of carbonyl (C=O) groups is 4. The van der Waals surface area contributed by atoms with Gasteiger partial charge in [0.15, 0.2) is 0 Å². The van der Waals surface area contributed by atoms with Crippen molar-refractivity contribution >= 4 is 47.7 Å². The number of hydrogen-bond donors (Lipinski definition) is 3. The number of aromatic amines is 2. The lowest BCUT2D eigenvalue weighted by Crippen LogP contribution is -2.16. The Bertz CT molecular complexity index is 1840. The average Bonchev–Trinajstić information content (AvgIpc) is 3.66. The van der Waals surface area contributed by atoms with Crippen molar-refractivity contribution in [3.8, 4) is 0 Å². The summed E-state index contributed by atoms with van der Waals surface area (Å²) in [6, 6.07) is 0. The van der Waals surface area contributed by atoms with Crippen molar-refractivity contribution in [1.82, 2.24) is 15.3 Å². The highest BCUT2D eigenvalue weighted by atomic mass is 16.5. The maximum Gasteiger partial charge on any atom is 0.305 e. The molecule has 2 aliphatic heterocycles. The zero-order valence-electron chi connectivity index (χ0n) is 26.9. The highest BCUT2D eigenvalue weighted by Crippen LogP contribution is 2.29. The lowest BCUT2D eigenvalue weighted by molar-refractivity contribution is -0.141. The number of amides is 2. The molecule has 0 saturated carbocycles. The summed E-state index contributed by atoms with van der Waals surface area (Å²) in [5.41, 5.74) is 8.63. The van der Waals surface area contributed by atoms with E-state index in [9.17, 15) is 19.2 Å². The fourth-order valence-electron chi connectivity index (χ4n) is 5.77. The van der Waals surface area contributed by atoms with Gasteiger partial charge < -0.3 is 24.8 Å². The van der Waals surface area contributed by atoms with Gasteiger partial charge in [0.1, 0.15) is 0 Å². The lowest BCUT2D eigenvalue weighted by atomic mass is 10.00. The van der Waals surface area contributed by atoms with Crippen LogP contribution in [0.2, 0.25) is 0 Å². The van der Waals surface area contributed by atoms with Crippen LogP contribution in [0.15, 0.2) is 46.1 Å². The number of aromatic nitrogens is 2. The SMILES string of the molecule is C=CC1=C(C)C(C=c2[nH]c(=Cc3[nH]c(C=C4NC(=O)C(C)C4=CC)c(C)c3CCC(=O)OC)c(CCC(=O)OC)c2C)=NC1=O. The zero-order valence-corrected chi connectivity index (χ0v) is 26.9. The molecule has 2 aromatic heterocycles. The molecule has 0 radical (unpaired) electrons. The second kappa shape index (κ2) is 13.8.